The summed E-state index contributed by atoms with van der Waals surface area (Å²) in [5.41, 5.74) is 0.0122. The first-order valence-corrected chi connectivity index (χ1v) is 5.29. The molecule has 1 rings (SSSR count). The van der Waals surface area contributed by atoms with Gasteiger partial charge in [0.25, 0.3) is 0 Å². The van der Waals surface area contributed by atoms with Crippen molar-refractivity contribution in [2.45, 2.75) is 26.9 Å². The Labute approximate surface area is 80.8 Å². The molecule has 0 aromatic heterocycles. The molecular formula is C8H13IO2. The van der Waals surface area contributed by atoms with Gasteiger partial charge in [0.05, 0.1) is 5.92 Å². The van der Waals surface area contributed by atoms with Crippen molar-refractivity contribution in [1.29, 1.82) is 0 Å². The van der Waals surface area contributed by atoms with Gasteiger partial charge >= 0.3 is 5.97 Å². The molecule has 1 aliphatic rings. The Kier molecular flexibility index (Phi) is 2.46. The number of carbonyl (C=O) groups is 1. The van der Waals surface area contributed by atoms with E-state index in [-0.39, 0.29) is 23.4 Å². The Balaban J connectivity index is 2.82. The van der Waals surface area contributed by atoms with E-state index in [4.69, 9.17) is 4.74 Å². The van der Waals surface area contributed by atoms with Crippen LogP contribution < -0.4 is 0 Å². The van der Waals surface area contributed by atoms with Crippen molar-refractivity contribution in [1.82, 2.24) is 0 Å². The normalized spacial score (nSPS) is 35.5. The number of hydrogen-bond acceptors (Lipinski definition) is 2. The van der Waals surface area contributed by atoms with E-state index in [1.54, 1.807) is 0 Å². The third kappa shape index (κ3) is 1.39. The summed E-state index contributed by atoms with van der Waals surface area (Å²) < 4.78 is 6.08. The van der Waals surface area contributed by atoms with Crippen molar-refractivity contribution >= 4 is 28.6 Å². The van der Waals surface area contributed by atoms with E-state index >= 15 is 0 Å². The van der Waals surface area contributed by atoms with Crippen molar-refractivity contribution in [3.63, 3.8) is 0 Å². The van der Waals surface area contributed by atoms with Crippen molar-refractivity contribution in [3.05, 3.63) is 0 Å². The van der Waals surface area contributed by atoms with Crippen molar-refractivity contribution < 1.29 is 9.53 Å². The lowest BCUT2D eigenvalue weighted by Crippen LogP contribution is -2.30. The highest BCUT2D eigenvalue weighted by atomic mass is 127. The molecule has 0 amide bonds. The maximum absolute atomic E-state index is 11.1. The lowest BCUT2D eigenvalue weighted by molar-refractivity contribution is -0.143. The summed E-state index contributed by atoms with van der Waals surface area (Å²) in [5.74, 6) is -0.000989. The van der Waals surface area contributed by atoms with Crippen LogP contribution in [-0.2, 0) is 9.53 Å². The maximum atomic E-state index is 11.1. The standard InChI is InChI=1S/C8H13IO2/c1-5-7(10)11-6(4-9)8(5,2)3/h5-6H,4H2,1-3H3. The molecule has 64 valence electrons. The number of carbonyl (C=O) groups excluding carboxylic acids is 1. The Hall–Kier alpha value is 0.200. The van der Waals surface area contributed by atoms with Gasteiger partial charge in [-0.15, -0.1) is 0 Å². The fourth-order valence-corrected chi connectivity index (χ4v) is 2.52. The van der Waals surface area contributed by atoms with Gasteiger partial charge in [-0.25, -0.2) is 0 Å². The van der Waals surface area contributed by atoms with Crippen LogP contribution in [0.25, 0.3) is 0 Å². The largest absolute Gasteiger partial charge is 0.461 e. The zero-order valence-electron chi connectivity index (χ0n) is 7.06. The molecule has 2 atom stereocenters. The van der Waals surface area contributed by atoms with Gasteiger partial charge in [0, 0.05) is 9.84 Å². The van der Waals surface area contributed by atoms with Gasteiger partial charge in [-0.2, -0.15) is 0 Å². The quantitative estimate of drug-likeness (QED) is 0.413. The average molecular weight is 268 g/mol. The van der Waals surface area contributed by atoms with E-state index in [0.717, 1.165) is 4.43 Å². The summed E-state index contributed by atoms with van der Waals surface area (Å²) in [4.78, 5) is 11.1. The predicted octanol–water partition coefficient (Wildman–Crippen LogP) is 2.01. The number of esters is 1. The van der Waals surface area contributed by atoms with E-state index in [2.05, 4.69) is 36.4 Å². The number of hydrogen-bond donors (Lipinski definition) is 0. The van der Waals surface area contributed by atoms with Gasteiger partial charge in [-0.05, 0) is 0 Å². The van der Waals surface area contributed by atoms with Crippen molar-refractivity contribution in [2.24, 2.45) is 11.3 Å². The minimum absolute atomic E-state index is 0.0122. The Morgan fingerprint density at radius 2 is 2.18 bits per heavy atom. The van der Waals surface area contributed by atoms with E-state index in [0.29, 0.717) is 0 Å². The maximum Gasteiger partial charge on any atom is 0.309 e. The second-order valence-corrected chi connectivity index (χ2v) is 4.50. The van der Waals surface area contributed by atoms with Crippen LogP contribution in [0.3, 0.4) is 0 Å². The molecule has 0 aromatic rings. The summed E-state index contributed by atoms with van der Waals surface area (Å²) in [6, 6.07) is 0. The molecular weight excluding hydrogens is 255 g/mol. The second kappa shape index (κ2) is 2.92. The van der Waals surface area contributed by atoms with Crippen LogP contribution in [0.4, 0.5) is 0 Å². The van der Waals surface area contributed by atoms with Gasteiger partial charge in [-0.3, -0.25) is 4.79 Å². The molecule has 11 heavy (non-hydrogen) atoms. The molecule has 0 radical (unpaired) electrons. The lowest BCUT2D eigenvalue weighted by Gasteiger charge is -2.24. The highest BCUT2D eigenvalue weighted by Crippen LogP contribution is 2.40. The zero-order chi connectivity index (χ0) is 8.65. The smallest absolute Gasteiger partial charge is 0.309 e. The number of cyclic esters (lactones) is 1. The molecule has 1 aliphatic heterocycles. The first-order valence-electron chi connectivity index (χ1n) is 3.76. The Morgan fingerprint density at radius 3 is 2.36 bits per heavy atom. The van der Waals surface area contributed by atoms with Crippen LogP contribution >= 0.6 is 22.6 Å². The minimum atomic E-state index is -0.0448. The monoisotopic (exact) mass is 268 g/mol. The first kappa shape index (κ1) is 9.29. The molecule has 0 saturated carbocycles. The van der Waals surface area contributed by atoms with Crippen LogP contribution in [0.5, 0.6) is 0 Å². The zero-order valence-corrected chi connectivity index (χ0v) is 9.21. The SMILES string of the molecule is CC1C(=O)OC(CI)C1(C)C. The van der Waals surface area contributed by atoms with Crippen LogP contribution in [0.15, 0.2) is 0 Å². The minimum Gasteiger partial charge on any atom is -0.461 e. The molecule has 0 aromatic carbocycles. The van der Waals surface area contributed by atoms with Gasteiger partial charge < -0.3 is 4.74 Å². The molecule has 1 heterocycles. The Morgan fingerprint density at radius 1 is 1.64 bits per heavy atom. The van der Waals surface area contributed by atoms with Crippen LogP contribution in [0.2, 0.25) is 0 Å². The molecule has 2 nitrogen and oxygen atoms in total. The predicted molar refractivity (Wildman–Crippen MR) is 51.7 cm³/mol. The number of alkyl halides is 1. The second-order valence-electron chi connectivity index (χ2n) is 3.62. The van der Waals surface area contributed by atoms with Crippen LogP contribution in [0.1, 0.15) is 20.8 Å². The molecule has 0 spiro atoms. The van der Waals surface area contributed by atoms with Crippen molar-refractivity contribution in [2.75, 3.05) is 4.43 Å². The molecule has 2 unspecified atom stereocenters. The summed E-state index contributed by atoms with van der Waals surface area (Å²) in [6.45, 7) is 6.12. The number of halogens is 1. The fraction of sp³-hybridized carbons (Fsp3) is 0.875. The van der Waals surface area contributed by atoms with Gasteiger partial charge in [-0.1, -0.05) is 43.4 Å². The van der Waals surface area contributed by atoms with Crippen LogP contribution in [0, 0.1) is 11.3 Å². The molecule has 1 fully saturated rings. The number of rotatable bonds is 1. The van der Waals surface area contributed by atoms with E-state index in [1.165, 1.54) is 0 Å². The molecule has 3 heteroatoms. The fourth-order valence-electron chi connectivity index (χ4n) is 1.21. The summed E-state index contributed by atoms with van der Waals surface area (Å²) in [6.07, 6.45) is 0.102. The van der Waals surface area contributed by atoms with E-state index in [1.807, 2.05) is 6.92 Å². The Bertz CT molecular complexity index is 177. The van der Waals surface area contributed by atoms with Gasteiger partial charge in [0.2, 0.25) is 0 Å². The average Bonchev–Trinajstić information content (AvgIpc) is 2.13. The third-order valence-electron chi connectivity index (χ3n) is 2.70. The highest BCUT2D eigenvalue weighted by Gasteiger charge is 2.47. The lowest BCUT2D eigenvalue weighted by atomic mass is 9.78. The van der Waals surface area contributed by atoms with Gasteiger partial charge in [0.1, 0.15) is 6.10 Å². The summed E-state index contributed by atoms with van der Waals surface area (Å²) >= 11 is 2.26. The number of ether oxygens (including phenoxy) is 1. The molecule has 1 saturated heterocycles. The summed E-state index contributed by atoms with van der Waals surface area (Å²) in [7, 11) is 0. The first-order chi connectivity index (χ1) is 5.00. The van der Waals surface area contributed by atoms with E-state index < -0.39 is 0 Å². The topological polar surface area (TPSA) is 26.3 Å². The molecule has 0 bridgehead atoms. The highest BCUT2D eigenvalue weighted by molar-refractivity contribution is 14.1. The van der Waals surface area contributed by atoms with Crippen molar-refractivity contribution in [3.8, 4) is 0 Å². The molecule has 0 N–H and O–H groups in total. The molecule has 0 aliphatic carbocycles. The van der Waals surface area contributed by atoms with Crippen LogP contribution in [-0.4, -0.2) is 16.5 Å². The summed E-state index contributed by atoms with van der Waals surface area (Å²) in [5, 5.41) is 0. The third-order valence-corrected chi connectivity index (χ3v) is 3.50. The van der Waals surface area contributed by atoms with E-state index in [9.17, 15) is 4.79 Å². The van der Waals surface area contributed by atoms with Gasteiger partial charge in [0.15, 0.2) is 0 Å².